The molecule has 0 atom stereocenters. The number of thiophene rings is 1. The third-order valence-electron chi connectivity index (χ3n) is 4.41. The number of aromatic nitrogens is 1. The zero-order chi connectivity index (χ0) is 16.2. The molecular weight excluding hydrogens is 310 g/mol. The van der Waals surface area contributed by atoms with Crippen molar-refractivity contribution in [2.75, 3.05) is 26.7 Å². The lowest BCUT2D eigenvalue weighted by Gasteiger charge is -2.28. The van der Waals surface area contributed by atoms with Crippen LogP contribution >= 0.6 is 11.3 Å². The molecule has 0 unspecified atom stereocenters. The van der Waals surface area contributed by atoms with Crippen LogP contribution in [-0.2, 0) is 11.2 Å². The first-order chi connectivity index (χ1) is 11.1. The number of hydrogen-bond donors (Lipinski definition) is 1. The Morgan fingerprint density at radius 3 is 2.96 bits per heavy atom. The van der Waals surface area contributed by atoms with Gasteiger partial charge >= 0.3 is 0 Å². The summed E-state index contributed by atoms with van der Waals surface area (Å²) >= 11 is 1.60. The van der Waals surface area contributed by atoms with Crippen molar-refractivity contribution in [3.63, 3.8) is 0 Å². The minimum atomic E-state index is 0.0252. The topological polar surface area (TPSA) is 58.4 Å². The predicted molar refractivity (Wildman–Crippen MR) is 91.5 cm³/mol. The number of carbonyl (C=O) groups excluding carboxylic acids is 1. The van der Waals surface area contributed by atoms with Crippen molar-refractivity contribution in [1.29, 1.82) is 0 Å². The zero-order valence-electron chi connectivity index (χ0n) is 13.7. The van der Waals surface area contributed by atoms with Crippen molar-refractivity contribution < 1.29 is 9.21 Å². The monoisotopic (exact) mass is 333 g/mol. The molecule has 1 amide bonds. The molecule has 23 heavy (non-hydrogen) atoms. The number of likely N-dealkylation sites (tertiary alicyclic amines) is 1. The summed E-state index contributed by atoms with van der Waals surface area (Å²) in [5.74, 6) is 1.94. The van der Waals surface area contributed by atoms with Gasteiger partial charge < -0.3 is 14.6 Å². The van der Waals surface area contributed by atoms with E-state index in [1.165, 1.54) is 0 Å². The van der Waals surface area contributed by atoms with Gasteiger partial charge in [-0.3, -0.25) is 4.79 Å². The summed E-state index contributed by atoms with van der Waals surface area (Å²) in [4.78, 5) is 19.0. The molecule has 0 bridgehead atoms. The molecule has 3 heterocycles. The summed E-state index contributed by atoms with van der Waals surface area (Å²) in [5.41, 5.74) is 1.70. The largest absolute Gasteiger partial charge is 0.441 e. The Morgan fingerprint density at radius 1 is 1.48 bits per heavy atom. The molecule has 2 aromatic heterocycles. The Hall–Kier alpha value is -1.66. The van der Waals surface area contributed by atoms with E-state index in [9.17, 15) is 4.79 Å². The fourth-order valence-electron chi connectivity index (χ4n) is 2.84. The van der Waals surface area contributed by atoms with E-state index < -0.39 is 0 Å². The van der Waals surface area contributed by atoms with Crippen LogP contribution in [0.2, 0.25) is 0 Å². The van der Waals surface area contributed by atoms with Crippen LogP contribution in [0.5, 0.6) is 0 Å². The summed E-state index contributed by atoms with van der Waals surface area (Å²) in [6, 6.07) is 1.97. The van der Waals surface area contributed by atoms with Crippen LogP contribution < -0.4 is 5.32 Å². The Balaban J connectivity index is 1.52. The summed E-state index contributed by atoms with van der Waals surface area (Å²) < 4.78 is 5.68. The van der Waals surface area contributed by atoms with Gasteiger partial charge in [0.1, 0.15) is 5.76 Å². The Labute approximate surface area is 140 Å². The number of nitrogens with zero attached hydrogens (tertiary/aromatic N) is 2. The van der Waals surface area contributed by atoms with Crippen molar-refractivity contribution in [2.24, 2.45) is 5.92 Å². The quantitative estimate of drug-likeness (QED) is 0.914. The molecule has 2 aromatic rings. The number of amides is 1. The first-order valence-corrected chi connectivity index (χ1v) is 9.00. The zero-order valence-corrected chi connectivity index (χ0v) is 14.5. The van der Waals surface area contributed by atoms with Gasteiger partial charge in [-0.05, 0) is 57.3 Å². The lowest BCUT2D eigenvalue weighted by atomic mass is 9.97. The number of aryl methyl sites for hydroxylation is 1. The van der Waals surface area contributed by atoms with Gasteiger partial charge in [-0.25, -0.2) is 4.98 Å². The number of oxazole rings is 1. The van der Waals surface area contributed by atoms with Gasteiger partial charge in [0.25, 0.3) is 0 Å². The maximum absolute atomic E-state index is 12.2. The average Bonchev–Trinajstić information content (AvgIpc) is 3.17. The summed E-state index contributed by atoms with van der Waals surface area (Å²) in [6.45, 7) is 4.86. The van der Waals surface area contributed by atoms with Gasteiger partial charge in [0, 0.05) is 17.5 Å². The Morgan fingerprint density at radius 2 is 2.26 bits per heavy atom. The first-order valence-electron chi connectivity index (χ1n) is 8.06. The van der Waals surface area contributed by atoms with Crippen molar-refractivity contribution in [1.82, 2.24) is 15.2 Å². The fraction of sp³-hybridized carbons (Fsp3) is 0.529. The normalized spacial score (nSPS) is 16.6. The Kier molecular flexibility index (Phi) is 5.13. The second-order valence-corrected chi connectivity index (χ2v) is 7.04. The van der Waals surface area contributed by atoms with Crippen LogP contribution in [0.25, 0.3) is 11.5 Å². The Bertz CT molecular complexity index is 643. The highest BCUT2D eigenvalue weighted by Gasteiger charge is 2.19. The molecule has 1 N–H and O–H groups in total. The van der Waals surface area contributed by atoms with E-state index in [4.69, 9.17) is 4.42 Å². The second-order valence-electron chi connectivity index (χ2n) is 6.26. The number of nitrogens with one attached hydrogen (secondary N) is 1. The number of carbonyl (C=O) groups is 1. The third kappa shape index (κ3) is 4.20. The van der Waals surface area contributed by atoms with E-state index >= 15 is 0 Å². The number of hydrogen-bond acceptors (Lipinski definition) is 5. The maximum Gasteiger partial charge on any atom is 0.227 e. The lowest BCUT2D eigenvalue weighted by Crippen LogP contribution is -2.37. The standard InChI is InChI=1S/C17H23N3O2S/c1-12-15(19-17(22-12)14-5-8-23-11-14)9-16(21)18-10-13-3-6-20(2)7-4-13/h5,8,11,13H,3-4,6-7,9-10H2,1-2H3,(H,18,21). The molecule has 1 aliphatic rings. The summed E-state index contributed by atoms with van der Waals surface area (Å²) in [7, 11) is 2.15. The highest BCUT2D eigenvalue weighted by Crippen LogP contribution is 2.24. The molecular formula is C17H23N3O2S. The van der Waals surface area contributed by atoms with Gasteiger partial charge in [0.15, 0.2) is 0 Å². The second kappa shape index (κ2) is 7.27. The van der Waals surface area contributed by atoms with E-state index in [2.05, 4.69) is 22.2 Å². The van der Waals surface area contributed by atoms with E-state index in [-0.39, 0.29) is 12.3 Å². The van der Waals surface area contributed by atoms with Gasteiger partial charge in [-0.1, -0.05) is 0 Å². The van der Waals surface area contributed by atoms with Crippen LogP contribution in [0.1, 0.15) is 24.3 Å². The molecule has 0 saturated carbocycles. The molecule has 5 nitrogen and oxygen atoms in total. The minimum absolute atomic E-state index is 0.0252. The maximum atomic E-state index is 12.2. The number of rotatable bonds is 5. The van der Waals surface area contributed by atoms with Crippen LogP contribution in [0, 0.1) is 12.8 Å². The minimum Gasteiger partial charge on any atom is -0.441 e. The highest BCUT2D eigenvalue weighted by atomic mass is 32.1. The first kappa shape index (κ1) is 16.2. The molecule has 3 rings (SSSR count). The van der Waals surface area contributed by atoms with Crippen molar-refractivity contribution in [2.45, 2.75) is 26.2 Å². The van der Waals surface area contributed by atoms with Gasteiger partial charge in [-0.15, -0.1) is 0 Å². The summed E-state index contributed by atoms with van der Waals surface area (Å²) in [6.07, 6.45) is 2.59. The lowest BCUT2D eigenvalue weighted by molar-refractivity contribution is -0.120. The molecule has 0 radical (unpaired) electrons. The smallest absolute Gasteiger partial charge is 0.227 e. The van der Waals surface area contributed by atoms with Gasteiger partial charge in [-0.2, -0.15) is 11.3 Å². The van der Waals surface area contributed by atoms with Crippen LogP contribution in [-0.4, -0.2) is 42.5 Å². The summed E-state index contributed by atoms with van der Waals surface area (Å²) in [5, 5.41) is 7.03. The van der Waals surface area contributed by atoms with Gasteiger partial charge in [0.2, 0.25) is 11.8 Å². The molecule has 0 aliphatic carbocycles. The molecule has 1 saturated heterocycles. The molecule has 6 heteroatoms. The highest BCUT2D eigenvalue weighted by molar-refractivity contribution is 7.08. The molecule has 1 fully saturated rings. The molecule has 0 aromatic carbocycles. The van der Waals surface area contributed by atoms with E-state index in [0.29, 0.717) is 11.8 Å². The predicted octanol–water partition coefficient (Wildman–Crippen LogP) is 2.71. The van der Waals surface area contributed by atoms with Crippen LogP contribution in [0.4, 0.5) is 0 Å². The van der Waals surface area contributed by atoms with Crippen molar-refractivity contribution in [3.8, 4) is 11.5 Å². The van der Waals surface area contributed by atoms with E-state index in [1.54, 1.807) is 11.3 Å². The molecule has 124 valence electrons. The molecule has 1 aliphatic heterocycles. The third-order valence-corrected chi connectivity index (χ3v) is 5.10. The SMILES string of the molecule is Cc1oc(-c2ccsc2)nc1CC(=O)NCC1CCN(C)CC1. The fourth-order valence-corrected chi connectivity index (χ4v) is 3.47. The van der Waals surface area contributed by atoms with Crippen LogP contribution in [0.15, 0.2) is 21.2 Å². The van der Waals surface area contributed by atoms with Crippen molar-refractivity contribution in [3.05, 3.63) is 28.3 Å². The van der Waals surface area contributed by atoms with Crippen LogP contribution in [0.3, 0.4) is 0 Å². The van der Waals surface area contributed by atoms with E-state index in [0.717, 1.165) is 49.5 Å². The van der Waals surface area contributed by atoms with E-state index in [1.807, 2.05) is 23.8 Å². The molecule has 0 spiro atoms. The van der Waals surface area contributed by atoms with Gasteiger partial charge in [0.05, 0.1) is 12.1 Å². The average molecular weight is 333 g/mol. The number of piperidine rings is 1. The van der Waals surface area contributed by atoms with Crippen molar-refractivity contribution >= 4 is 17.2 Å².